The molecule has 1 fully saturated rings. The molecule has 8 nitrogen and oxygen atoms in total. The van der Waals surface area contributed by atoms with Gasteiger partial charge in [-0.3, -0.25) is 4.79 Å². The van der Waals surface area contributed by atoms with Crippen molar-refractivity contribution in [2.75, 3.05) is 11.9 Å². The Labute approximate surface area is 175 Å². The van der Waals surface area contributed by atoms with Gasteiger partial charge >= 0.3 is 0 Å². The Morgan fingerprint density at radius 1 is 1.23 bits per heavy atom. The number of nitrogens with zero attached hydrogens (tertiary/aromatic N) is 3. The van der Waals surface area contributed by atoms with Gasteiger partial charge in [0.05, 0.1) is 29.5 Å². The molecule has 3 N–H and O–H groups in total. The number of aromatic amines is 1. The zero-order chi connectivity index (χ0) is 20.8. The van der Waals surface area contributed by atoms with E-state index in [4.69, 9.17) is 4.74 Å². The van der Waals surface area contributed by atoms with Gasteiger partial charge in [-0.1, -0.05) is 13.0 Å². The number of ether oxygens (including phenoxy) is 1. The highest BCUT2D eigenvalue weighted by Crippen LogP contribution is 2.29. The zero-order valence-corrected chi connectivity index (χ0v) is 17.2. The van der Waals surface area contributed by atoms with Crippen molar-refractivity contribution in [3.05, 3.63) is 48.5 Å². The molecule has 30 heavy (non-hydrogen) atoms. The molecule has 2 aromatic heterocycles. The summed E-state index contributed by atoms with van der Waals surface area (Å²) in [5.74, 6) is 0.626. The summed E-state index contributed by atoms with van der Waals surface area (Å²) in [6.07, 6.45) is 8.35. The molecule has 3 aromatic rings. The van der Waals surface area contributed by atoms with E-state index < -0.39 is 0 Å². The molecule has 0 spiro atoms. The second kappa shape index (κ2) is 9.67. The number of H-pyrrole nitrogens is 1. The van der Waals surface area contributed by atoms with Gasteiger partial charge in [-0.2, -0.15) is 0 Å². The van der Waals surface area contributed by atoms with Crippen LogP contribution in [0.15, 0.2) is 43.0 Å². The molecule has 158 valence electrons. The van der Waals surface area contributed by atoms with Crippen LogP contribution < -0.4 is 10.6 Å². The Balaban J connectivity index is 1.34. The Hall–Kier alpha value is -3.00. The fourth-order valence-electron chi connectivity index (χ4n) is 3.95. The van der Waals surface area contributed by atoms with E-state index in [1.54, 1.807) is 24.8 Å². The van der Waals surface area contributed by atoms with Crippen LogP contribution in [0.25, 0.3) is 11.0 Å². The van der Waals surface area contributed by atoms with Crippen LogP contribution in [-0.4, -0.2) is 44.6 Å². The van der Waals surface area contributed by atoms with Crippen molar-refractivity contribution in [3.8, 4) is 0 Å². The molecular weight excluding hydrogens is 380 g/mol. The topological polar surface area (TPSA) is 105 Å². The van der Waals surface area contributed by atoms with Crippen LogP contribution in [0, 0.1) is 5.92 Å². The molecule has 0 unspecified atom stereocenters. The van der Waals surface area contributed by atoms with Crippen molar-refractivity contribution in [1.82, 2.24) is 25.3 Å². The molecule has 0 radical (unpaired) electrons. The molecule has 1 aliphatic rings. The van der Waals surface area contributed by atoms with E-state index in [-0.39, 0.29) is 24.0 Å². The number of hydrogen-bond acceptors (Lipinski definition) is 6. The van der Waals surface area contributed by atoms with Crippen LogP contribution in [0.3, 0.4) is 0 Å². The number of nitrogens with one attached hydrogen (secondary N) is 3. The van der Waals surface area contributed by atoms with E-state index in [9.17, 15) is 4.79 Å². The Bertz CT molecular complexity index is 960. The highest BCUT2D eigenvalue weighted by atomic mass is 16.5. The number of hydrogen-bond donors (Lipinski definition) is 3. The molecule has 0 saturated heterocycles. The molecule has 1 saturated carbocycles. The summed E-state index contributed by atoms with van der Waals surface area (Å²) < 4.78 is 6.09. The second-order valence-electron chi connectivity index (χ2n) is 7.71. The minimum Gasteiger partial charge on any atom is -0.376 e. The number of amides is 1. The summed E-state index contributed by atoms with van der Waals surface area (Å²) in [6, 6.07) is 7.88. The van der Waals surface area contributed by atoms with E-state index >= 15 is 0 Å². The number of benzene rings is 1. The molecule has 8 heteroatoms. The van der Waals surface area contributed by atoms with Gasteiger partial charge in [-0.05, 0) is 49.4 Å². The van der Waals surface area contributed by atoms with Gasteiger partial charge in [0.2, 0.25) is 11.9 Å². The molecule has 1 aliphatic carbocycles. The summed E-state index contributed by atoms with van der Waals surface area (Å²) >= 11 is 0. The van der Waals surface area contributed by atoms with Crippen LogP contribution in [0.2, 0.25) is 0 Å². The number of imidazole rings is 1. The second-order valence-corrected chi connectivity index (χ2v) is 7.71. The first-order chi connectivity index (χ1) is 14.7. The maximum absolute atomic E-state index is 12.8. The molecule has 3 atom stereocenters. The Morgan fingerprint density at radius 2 is 2.10 bits per heavy atom. The lowest BCUT2D eigenvalue weighted by molar-refractivity contribution is -0.128. The van der Waals surface area contributed by atoms with Gasteiger partial charge in [0, 0.05) is 31.5 Å². The molecule has 1 aromatic carbocycles. The first-order valence-corrected chi connectivity index (χ1v) is 10.6. The molecule has 0 bridgehead atoms. The maximum atomic E-state index is 12.8. The van der Waals surface area contributed by atoms with Gasteiger partial charge in [0.25, 0.3) is 0 Å². The monoisotopic (exact) mass is 408 g/mol. The van der Waals surface area contributed by atoms with Gasteiger partial charge < -0.3 is 20.4 Å². The smallest absolute Gasteiger partial charge is 0.223 e. The quantitative estimate of drug-likeness (QED) is 0.529. The molecule has 4 rings (SSSR count). The van der Waals surface area contributed by atoms with Gasteiger partial charge in [0.1, 0.15) is 0 Å². The predicted octanol–water partition coefficient (Wildman–Crippen LogP) is 3.05. The third-order valence-corrected chi connectivity index (χ3v) is 5.53. The standard InChI is InChI=1S/C22H28N6O2/c1-2-10-30-20-12-16(5-7-18(20)28-22-23-8-3-9-24-22)21(29)25-13-15-4-6-17-19(11-15)27-14-26-17/h3-4,6,8-9,11,14,16,18,20H,2,5,7,10,12-13H2,1H3,(H,25,29)(H,26,27)(H,23,24,28)/t16-,18-,20-/m0/s1. The number of anilines is 1. The third kappa shape index (κ3) is 4.94. The largest absolute Gasteiger partial charge is 0.376 e. The highest BCUT2D eigenvalue weighted by Gasteiger charge is 2.34. The fourth-order valence-corrected chi connectivity index (χ4v) is 3.95. The maximum Gasteiger partial charge on any atom is 0.223 e. The van der Waals surface area contributed by atoms with Crippen LogP contribution in [0.4, 0.5) is 5.95 Å². The molecule has 0 aliphatic heterocycles. The lowest BCUT2D eigenvalue weighted by Crippen LogP contribution is -2.45. The number of carbonyl (C=O) groups is 1. The minimum atomic E-state index is -0.0579. The molecule has 2 heterocycles. The molecular formula is C22H28N6O2. The first kappa shape index (κ1) is 20.3. The summed E-state index contributed by atoms with van der Waals surface area (Å²) in [7, 11) is 0. The molecule has 1 amide bonds. The average molecular weight is 409 g/mol. The lowest BCUT2D eigenvalue weighted by atomic mass is 9.83. The first-order valence-electron chi connectivity index (χ1n) is 10.6. The van der Waals surface area contributed by atoms with Crippen molar-refractivity contribution in [1.29, 1.82) is 0 Å². The van der Waals surface area contributed by atoms with Crippen molar-refractivity contribution in [2.24, 2.45) is 5.92 Å². The minimum absolute atomic E-state index is 0.0420. The summed E-state index contributed by atoms with van der Waals surface area (Å²) in [6.45, 7) is 3.27. The Kier molecular flexibility index (Phi) is 6.53. The zero-order valence-electron chi connectivity index (χ0n) is 17.2. The van der Waals surface area contributed by atoms with E-state index in [0.717, 1.165) is 35.9 Å². The van der Waals surface area contributed by atoms with Crippen LogP contribution in [0.5, 0.6) is 0 Å². The Morgan fingerprint density at radius 3 is 2.93 bits per heavy atom. The van der Waals surface area contributed by atoms with Crippen LogP contribution in [-0.2, 0) is 16.1 Å². The van der Waals surface area contributed by atoms with E-state index in [1.807, 2.05) is 18.2 Å². The van der Waals surface area contributed by atoms with Crippen molar-refractivity contribution in [2.45, 2.75) is 51.3 Å². The number of carbonyl (C=O) groups excluding carboxylic acids is 1. The summed E-state index contributed by atoms with van der Waals surface area (Å²) in [5, 5.41) is 6.48. The number of fused-ring (bicyclic) bond motifs is 1. The lowest BCUT2D eigenvalue weighted by Gasteiger charge is -2.35. The van der Waals surface area contributed by atoms with Crippen LogP contribution in [0.1, 0.15) is 38.2 Å². The average Bonchev–Trinajstić information content (AvgIpc) is 3.25. The summed E-state index contributed by atoms with van der Waals surface area (Å²) in [5.41, 5.74) is 2.95. The fraction of sp³-hybridized carbons (Fsp3) is 0.455. The summed E-state index contributed by atoms with van der Waals surface area (Å²) in [4.78, 5) is 28.7. The van der Waals surface area contributed by atoms with Crippen molar-refractivity contribution in [3.63, 3.8) is 0 Å². The number of aromatic nitrogens is 4. The van der Waals surface area contributed by atoms with Crippen molar-refractivity contribution < 1.29 is 9.53 Å². The SMILES string of the molecule is CCCO[C@H]1C[C@@H](C(=O)NCc2ccc3nc[nH]c3c2)CC[C@@H]1Nc1ncccn1. The van der Waals surface area contributed by atoms with Gasteiger partial charge in [0.15, 0.2) is 0 Å². The third-order valence-electron chi connectivity index (χ3n) is 5.53. The van der Waals surface area contributed by atoms with E-state index in [0.29, 0.717) is 25.5 Å². The van der Waals surface area contributed by atoms with Gasteiger partial charge in [-0.15, -0.1) is 0 Å². The normalized spacial score (nSPS) is 21.4. The van der Waals surface area contributed by atoms with E-state index in [2.05, 4.69) is 37.5 Å². The van der Waals surface area contributed by atoms with Crippen molar-refractivity contribution >= 4 is 22.9 Å². The van der Waals surface area contributed by atoms with Gasteiger partial charge in [-0.25, -0.2) is 15.0 Å². The number of rotatable bonds is 8. The predicted molar refractivity (Wildman–Crippen MR) is 115 cm³/mol. The highest BCUT2D eigenvalue weighted by molar-refractivity contribution is 5.79. The van der Waals surface area contributed by atoms with E-state index in [1.165, 1.54) is 0 Å². The van der Waals surface area contributed by atoms with Crippen LogP contribution >= 0.6 is 0 Å².